The van der Waals surface area contributed by atoms with Gasteiger partial charge in [-0.05, 0) is 36.4 Å². The van der Waals surface area contributed by atoms with E-state index in [1.54, 1.807) is 30.3 Å². The Labute approximate surface area is 147 Å². The molecule has 0 aliphatic heterocycles. The maximum Gasteiger partial charge on any atom is 0.240 e. The SMILES string of the molecule is CS(=O)(=O)N(CCNS(=O)(=O)c1ccc(Cl)cc1)c1ccccc1. The average molecular weight is 389 g/mol. The lowest BCUT2D eigenvalue weighted by Crippen LogP contribution is -2.38. The fraction of sp³-hybridized carbons (Fsp3) is 0.200. The van der Waals surface area contributed by atoms with Crippen LogP contribution in [0.4, 0.5) is 5.69 Å². The zero-order valence-corrected chi connectivity index (χ0v) is 15.3. The molecule has 0 unspecified atom stereocenters. The van der Waals surface area contributed by atoms with Gasteiger partial charge in [0.1, 0.15) is 0 Å². The molecule has 0 radical (unpaired) electrons. The maximum absolute atomic E-state index is 12.2. The molecule has 2 aromatic rings. The number of halogens is 1. The van der Waals surface area contributed by atoms with Crippen LogP contribution in [0.1, 0.15) is 0 Å². The molecule has 0 spiro atoms. The summed E-state index contributed by atoms with van der Waals surface area (Å²) in [5.41, 5.74) is 0.477. The van der Waals surface area contributed by atoms with Crippen LogP contribution in [0, 0.1) is 0 Å². The molecule has 0 heterocycles. The number of hydrogen-bond acceptors (Lipinski definition) is 4. The number of anilines is 1. The molecule has 2 aromatic carbocycles. The molecule has 0 aliphatic carbocycles. The molecule has 0 aliphatic rings. The second-order valence-electron chi connectivity index (χ2n) is 5.02. The Kier molecular flexibility index (Phi) is 5.87. The molecule has 0 fully saturated rings. The van der Waals surface area contributed by atoms with Crippen molar-refractivity contribution in [2.75, 3.05) is 23.7 Å². The van der Waals surface area contributed by atoms with E-state index in [9.17, 15) is 16.8 Å². The molecule has 24 heavy (non-hydrogen) atoms. The van der Waals surface area contributed by atoms with Gasteiger partial charge in [0.05, 0.1) is 16.8 Å². The number of para-hydroxylation sites is 1. The highest BCUT2D eigenvalue weighted by Gasteiger charge is 2.19. The summed E-state index contributed by atoms with van der Waals surface area (Å²) in [6.45, 7) is -0.0808. The van der Waals surface area contributed by atoms with Crippen molar-refractivity contribution >= 4 is 37.3 Å². The molecule has 0 saturated carbocycles. The first-order chi connectivity index (χ1) is 11.2. The summed E-state index contributed by atoms with van der Waals surface area (Å²) in [7, 11) is -7.26. The first-order valence-corrected chi connectivity index (χ1v) is 10.7. The van der Waals surface area contributed by atoms with Crippen molar-refractivity contribution in [2.24, 2.45) is 0 Å². The van der Waals surface area contributed by atoms with Crippen LogP contribution in [0.15, 0.2) is 59.5 Å². The van der Waals surface area contributed by atoms with Gasteiger partial charge in [-0.2, -0.15) is 0 Å². The van der Waals surface area contributed by atoms with Gasteiger partial charge in [-0.1, -0.05) is 29.8 Å². The van der Waals surface area contributed by atoms with Crippen molar-refractivity contribution in [3.05, 3.63) is 59.6 Å². The topological polar surface area (TPSA) is 83.6 Å². The molecule has 0 saturated heterocycles. The van der Waals surface area contributed by atoms with E-state index < -0.39 is 20.0 Å². The first kappa shape index (κ1) is 18.7. The van der Waals surface area contributed by atoms with Gasteiger partial charge in [0.15, 0.2) is 0 Å². The third-order valence-corrected chi connectivity index (χ3v) is 6.10. The van der Waals surface area contributed by atoms with Gasteiger partial charge >= 0.3 is 0 Å². The van der Waals surface area contributed by atoms with Crippen LogP contribution in [0.3, 0.4) is 0 Å². The zero-order chi connectivity index (χ0) is 17.8. The second-order valence-corrected chi connectivity index (χ2v) is 9.13. The van der Waals surface area contributed by atoms with Crippen molar-refractivity contribution in [3.8, 4) is 0 Å². The standard InChI is InChI=1S/C15H17ClN2O4S2/c1-23(19,20)18(14-5-3-2-4-6-14)12-11-17-24(21,22)15-9-7-13(16)8-10-15/h2-10,17H,11-12H2,1H3. The summed E-state index contributed by atoms with van der Waals surface area (Å²) in [4.78, 5) is 0.0671. The van der Waals surface area contributed by atoms with Crippen LogP contribution in [0.2, 0.25) is 5.02 Å². The number of sulfonamides is 2. The third kappa shape index (κ3) is 4.94. The van der Waals surface area contributed by atoms with Gasteiger partial charge in [-0.15, -0.1) is 0 Å². The molecule has 0 atom stereocenters. The van der Waals surface area contributed by atoms with E-state index in [-0.39, 0.29) is 18.0 Å². The van der Waals surface area contributed by atoms with Crippen LogP contribution in [0.25, 0.3) is 0 Å². The fourth-order valence-electron chi connectivity index (χ4n) is 2.06. The third-order valence-electron chi connectivity index (χ3n) is 3.18. The Balaban J connectivity index is 2.09. The molecule has 130 valence electrons. The van der Waals surface area contributed by atoms with Gasteiger partial charge < -0.3 is 0 Å². The van der Waals surface area contributed by atoms with Crippen molar-refractivity contribution < 1.29 is 16.8 Å². The predicted octanol–water partition coefficient (Wildman–Crippen LogP) is 2.08. The molecule has 6 nitrogen and oxygen atoms in total. The van der Waals surface area contributed by atoms with Gasteiger partial charge in [-0.3, -0.25) is 4.31 Å². The normalized spacial score (nSPS) is 12.1. The minimum atomic E-state index is -3.73. The average Bonchev–Trinajstić information content (AvgIpc) is 2.51. The van der Waals surface area contributed by atoms with Gasteiger partial charge in [0.2, 0.25) is 20.0 Å². The van der Waals surface area contributed by atoms with E-state index in [2.05, 4.69) is 4.72 Å². The summed E-state index contributed by atoms with van der Waals surface area (Å²) in [6.07, 6.45) is 1.08. The van der Waals surface area contributed by atoms with Crippen LogP contribution in [0.5, 0.6) is 0 Å². The lowest BCUT2D eigenvalue weighted by Gasteiger charge is -2.22. The molecule has 0 amide bonds. The number of benzene rings is 2. The minimum Gasteiger partial charge on any atom is -0.269 e. The fourth-order valence-corrected chi connectivity index (χ4v) is 4.13. The van der Waals surface area contributed by atoms with Crippen molar-refractivity contribution in [1.29, 1.82) is 0 Å². The van der Waals surface area contributed by atoms with E-state index in [0.717, 1.165) is 10.6 Å². The second kappa shape index (κ2) is 7.52. The smallest absolute Gasteiger partial charge is 0.240 e. The van der Waals surface area contributed by atoms with E-state index >= 15 is 0 Å². The van der Waals surface area contributed by atoms with E-state index in [1.807, 2.05) is 0 Å². The Morgan fingerprint density at radius 3 is 2.08 bits per heavy atom. The molecule has 0 aromatic heterocycles. The minimum absolute atomic E-state index is 0.0182. The number of nitrogens with one attached hydrogen (secondary N) is 1. The molecular formula is C15H17ClN2O4S2. The van der Waals surface area contributed by atoms with Crippen LogP contribution < -0.4 is 9.03 Å². The molecule has 2 rings (SSSR count). The summed E-state index contributed by atoms with van der Waals surface area (Å²) in [6, 6.07) is 14.2. The van der Waals surface area contributed by atoms with Crippen LogP contribution in [-0.2, 0) is 20.0 Å². The van der Waals surface area contributed by atoms with Crippen LogP contribution in [-0.4, -0.2) is 36.2 Å². The Bertz CT molecular complexity index is 883. The van der Waals surface area contributed by atoms with E-state index in [1.165, 1.54) is 24.3 Å². The van der Waals surface area contributed by atoms with E-state index in [0.29, 0.717) is 10.7 Å². The quantitative estimate of drug-likeness (QED) is 0.787. The Hall–Kier alpha value is -1.61. The Morgan fingerprint density at radius 1 is 0.958 bits per heavy atom. The molecular weight excluding hydrogens is 372 g/mol. The van der Waals surface area contributed by atoms with Crippen molar-refractivity contribution in [3.63, 3.8) is 0 Å². The summed E-state index contributed by atoms with van der Waals surface area (Å²) in [5, 5.41) is 0.432. The lowest BCUT2D eigenvalue weighted by molar-refractivity contribution is 0.578. The highest BCUT2D eigenvalue weighted by Crippen LogP contribution is 2.17. The monoisotopic (exact) mass is 388 g/mol. The molecule has 9 heteroatoms. The molecule has 1 N–H and O–H groups in total. The predicted molar refractivity (Wildman–Crippen MR) is 95.3 cm³/mol. The molecule has 0 bridgehead atoms. The summed E-state index contributed by atoms with van der Waals surface area (Å²) >= 11 is 5.74. The van der Waals surface area contributed by atoms with Gasteiger partial charge in [0, 0.05) is 18.1 Å². The number of hydrogen-bond donors (Lipinski definition) is 1. The highest BCUT2D eigenvalue weighted by molar-refractivity contribution is 7.92. The maximum atomic E-state index is 12.2. The van der Waals surface area contributed by atoms with Gasteiger partial charge in [-0.25, -0.2) is 21.6 Å². The first-order valence-electron chi connectivity index (χ1n) is 6.98. The summed E-state index contributed by atoms with van der Waals surface area (Å²) in [5.74, 6) is 0. The number of nitrogens with zero attached hydrogens (tertiary/aromatic N) is 1. The van der Waals surface area contributed by atoms with Gasteiger partial charge in [0.25, 0.3) is 0 Å². The largest absolute Gasteiger partial charge is 0.269 e. The summed E-state index contributed by atoms with van der Waals surface area (Å²) < 4.78 is 51.8. The van der Waals surface area contributed by atoms with Crippen molar-refractivity contribution in [2.45, 2.75) is 4.90 Å². The van der Waals surface area contributed by atoms with E-state index in [4.69, 9.17) is 11.6 Å². The number of rotatable bonds is 7. The Morgan fingerprint density at radius 2 is 1.54 bits per heavy atom. The zero-order valence-electron chi connectivity index (χ0n) is 12.9. The van der Waals surface area contributed by atoms with Crippen LogP contribution >= 0.6 is 11.6 Å². The highest BCUT2D eigenvalue weighted by atomic mass is 35.5. The van der Waals surface area contributed by atoms with Crippen molar-refractivity contribution in [1.82, 2.24) is 4.72 Å². The lowest BCUT2D eigenvalue weighted by atomic mass is 10.3.